The molecule has 0 unspecified atom stereocenters. The molecule has 332 valence electrons. The molecular formula is C68H50N2. The average Bonchev–Trinajstić information content (AvgIpc) is 3.78. The molecule has 0 saturated heterocycles. The second-order valence-corrected chi connectivity index (χ2v) is 20.6. The van der Waals surface area contributed by atoms with Crippen molar-refractivity contribution in [2.45, 2.75) is 38.5 Å². The summed E-state index contributed by atoms with van der Waals surface area (Å²) in [5.41, 5.74) is 17.3. The van der Waals surface area contributed by atoms with Crippen LogP contribution in [0.3, 0.4) is 0 Å². The number of hydrogen-bond donors (Lipinski definition) is 0. The van der Waals surface area contributed by atoms with E-state index < -0.39 is 0 Å². The van der Waals surface area contributed by atoms with Crippen LogP contribution in [-0.2, 0) is 10.8 Å². The fourth-order valence-corrected chi connectivity index (χ4v) is 12.5. The molecule has 0 heterocycles. The zero-order valence-corrected chi connectivity index (χ0v) is 39.8. The third-order valence-electron chi connectivity index (χ3n) is 15.8. The Morgan fingerprint density at radius 1 is 0.257 bits per heavy atom. The molecule has 0 spiro atoms. The van der Waals surface area contributed by atoms with E-state index in [4.69, 9.17) is 0 Å². The predicted molar refractivity (Wildman–Crippen MR) is 298 cm³/mol. The van der Waals surface area contributed by atoms with Crippen molar-refractivity contribution in [1.29, 1.82) is 0 Å². The number of rotatable bonds is 6. The van der Waals surface area contributed by atoms with Crippen LogP contribution in [0, 0.1) is 0 Å². The van der Waals surface area contributed by atoms with Crippen LogP contribution in [0.25, 0.3) is 76.1 Å². The van der Waals surface area contributed by atoms with Gasteiger partial charge in [0.2, 0.25) is 0 Å². The van der Waals surface area contributed by atoms with Crippen molar-refractivity contribution in [2.75, 3.05) is 9.80 Å². The van der Waals surface area contributed by atoms with Gasteiger partial charge in [-0.25, -0.2) is 0 Å². The van der Waals surface area contributed by atoms with Crippen molar-refractivity contribution < 1.29 is 0 Å². The minimum Gasteiger partial charge on any atom is -0.310 e. The Morgan fingerprint density at radius 3 is 0.829 bits per heavy atom. The van der Waals surface area contributed by atoms with E-state index in [0.717, 1.165) is 34.1 Å². The minimum atomic E-state index is -0.308. The number of nitrogens with zero attached hydrogens (tertiary/aromatic N) is 2. The molecule has 2 aliphatic carbocycles. The van der Waals surface area contributed by atoms with Crippen molar-refractivity contribution in [3.05, 3.63) is 253 Å². The van der Waals surface area contributed by atoms with Gasteiger partial charge in [-0.05, 0) is 171 Å². The zero-order valence-electron chi connectivity index (χ0n) is 39.8. The molecule has 2 heteroatoms. The maximum Gasteiger partial charge on any atom is 0.0468 e. The quantitative estimate of drug-likeness (QED) is 0.164. The second kappa shape index (κ2) is 15.0. The summed E-state index contributed by atoms with van der Waals surface area (Å²) >= 11 is 0. The number of fused-ring (bicyclic) bond motifs is 14. The molecule has 0 bridgehead atoms. The van der Waals surface area contributed by atoms with E-state index in [-0.39, 0.29) is 10.8 Å². The highest BCUT2D eigenvalue weighted by Crippen LogP contribution is 2.63. The molecule has 0 atom stereocenters. The molecule has 12 aromatic carbocycles. The van der Waals surface area contributed by atoms with Gasteiger partial charge in [0.05, 0.1) is 0 Å². The first-order valence-electron chi connectivity index (χ1n) is 24.7. The molecule has 14 rings (SSSR count). The van der Waals surface area contributed by atoms with E-state index in [1.165, 1.54) is 98.4 Å². The van der Waals surface area contributed by atoms with Gasteiger partial charge in [0.1, 0.15) is 0 Å². The maximum atomic E-state index is 2.50. The fraction of sp³-hybridized carbons (Fsp3) is 0.0882. The Hall–Kier alpha value is -8.46. The molecule has 0 aromatic heterocycles. The molecule has 0 fully saturated rings. The largest absolute Gasteiger partial charge is 0.310 e. The Bertz CT molecular complexity index is 3730. The van der Waals surface area contributed by atoms with Gasteiger partial charge in [-0.2, -0.15) is 0 Å². The van der Waals surface area contributed by atoms with E-state index in [2.05, 4.69) is 268 Å². The third-order valence-corrected chi connectivity index (χ3v) is 15.8. The smallest absolute Gasteiger partial charge is 0.0468 e. The standard InChI is InChI=1S/C68H50N2/c1-67(2)61-41-55(69(51-29-25-43-15-5-9-19-47(43)37-51)52-30-26-44-16-6-10-20-48(44)38-52)33-35-59(61)63-57-23-13-14-24-58(57)64-60-36-34-56(42-62(60)68(3,4)66(64)65(63)67)70(53-31-27-45-17-7-11-21-49(45)39-53)54-32-28-46-18-8-12-22-50(46)40-54/h5-42H,1-4H3. The molecular weight excluding hydrogens is 845 g/mol. The number of hydrogen-bond acceptors (Lipinski definition) is 2. The summed E-state index contributed by atoms with van der Waals surface area (Å²) < 4.78 is 0. The van der Waals surface area contributed by atoms with E-state index in [0.29, 0.717) is 0 Å². The van der Waals surface area contributed by atoms with Gasteiger partial charge in [-0.15, -0.1) is 0 Å². The molecule has 2 aliphatic rings. The van der Waals surface area contributed by atoms with Crippen molar-refractivity contribution in [3.63, 3.8) is 0 Å². The zero-order chi connectivity index (χ0) is 46.9. The van der Waals surface area contributed by atoms with E-state index in [9.17, 15) is 0 Å². The molecule has 0 amide bonds. The van der Waals surface area contributed by atoms with Gasteiger partial charge >= 0.3 is 0 Å². The molecule has 70 heavy (non-hydrogen) atoms. The highest BCUT2D eigenvalue weighted by molar-refractivity contribution is 6.13. The van der Waals surface area contributed by atoms with E-state index >= 15 is 0 Å². The molecule has 12 aromatic rings. The van der Waals surface area contributed by atoms with Crippen molar-refractivity contribution in [1.82, 2.24) is 0 Å². The van der Waals surface area contributed by atoms with Crippen molar-refractivity contribution >= 4 is 88.0 Å². The van der Waals surface area contributed by atoms with E-state index in [1.54, 1.807) is 0 Å². The Morgan fingerprint density at radius 2 is 0.514 bits per heavy atom. The van der Waals surface area contributed by atoms with Crippen LogP contribution in [0.5, 0.6) is 0 Å². The highest BCUT2D eigenvalue weighted by Gasteiger charge is 2.47. The SMILES string of the molecule is CC1(C)c2cc(N(c3ccc4ccccc4c3)c3ccc4ccccc4c3)ccc2-c2c1c1c(c3ccccc23)-c2ccc(N(c3ccc4ccccc4c3)c3ccc4ccccc4c3)cc2C1(C)C. The molecule has 0 N–H and O–H groups in total. The van der Waals surface area contributed by atoms with Crippen molar-refractivity contribution in [3.8, 4) is 22.3 Å². The van der Waals surface area contributed by atoms with Gasteiger partial charge in [0.25, 0.3) is 0 Å². The summed E-state index contributed by atoms with van der Waals surface area (Å²) in [5, 5.41) is 12.5. The summed E-state index contributed by atoms with van der Waals surface area (Å²) in [7, 11) is 0. The molecule has 2 nitrogen and oxygen atoms in total. The lowest BCUT2D eigenvalue weighted by Crippen LogP contribution is -2.24. The van der Waals surface area contributed by atoms with Crippen LogP contribution in [0.2, 0.25) is 0 Å². The third kappa shape index (κ3) is 5.99. The summed E-state index contributed by atoms with van der Waals surface area (Å²) in [6, 6.07) is 86.0. The lowest BCUT2D eigenvalue weighted by Gasteiger charge is -2.32. The summed E-state index contributed by atoms with van der Waals surface area (Å²) in [5.74, 6) is 0. The summed E-state index contributed by atoms with van der Waals surface area (Å²) in [6.45, 7) is 9.88. The Labute approximate surface area is 409 Å². The first-order chi connectivity index (χ1) is 34.2. The maximum absolute atomic E-state index is 2.50. The van der Waals surface area contributed by atoms with Crippen LogP contribution in [0.4, 0.5) is 34.1 Å². The Balaban J connectivity index is 0.947. The highest BCUT2D eigenvalue weighted by atomic mass is 15.1. The summed E-state index contributed by atoms with van der Waals surface area (Å²) in [4.78, 5) is 4.91. The monoisotopic (exact) mass is 894 g/mol. The van der Waals surface area contributed by atoms with E-state index in [1.807, 2.05) is 0 Å². The average molecular weight is 895 g/mol. The molecule has 0 aliphatic heterocycles. The lowest BCUT2D eigenvalue weighted by atomic mass is 9.71. The Kier molecular flexibility index (Phi) is 8.71. The van der Waals surface area contributed by atoms with Crippen LogP contribution < -0.4 is 9.80 Å². The topological polar surface area (TPSA) is 6.48 Å². The van der Waals surface area contributed by atoms with Gasteiger partial charge < -0.3 is 9.80 Å². The lowest BCUT2D eigenvalue weighted by molar-refractivity contribution is 0.602. The first-order valence-corrected chi connectivity index (χ1v) is 24.7. The second-order valence-electron chi connectivity index (χ2n) is 20.6. The van der Waals surface area contributed by atoms with Crippen LogP contribution in [-0.4, -0.2) is 0 Å². The van der Waals surface area contributed by atoms with Gasteiger partial charge in [0.15, 0.2) is 0 Å². The predicted octanol–water partition coefficient (Wildman–Crippen LogP) is 19.0. The van der Waals surface area contributed by atoms with Crippen LogP contribution in [0.15, 0.2) is 231 Å². The van der Waals surface area contributed by atoms with Gasteiger partial charge in [0, 0.05) is 45.0 Å². The summed E-state index contributed by atoms with van der Waals surface area (Å²) in [6.07, 6.45) is 0. The van der Waals surface area contributed by atoms with Crippen LogP contribution >= 0.6 is 0 Å². The molecule has 0 saturated carbocycles. The van der Waals surface area contributed by atoms with Crippen molar-refractivity contribution in [2.24, 2.45) is 0 Å². The molecule has 0 radical (unpaired) electrons. The number of anilines is 6. The minimum absolute atomic E-state index is 0.308. The first kappa shape index (κ1) is 40.6. The van der Waals surface area contributed by atoms with Gasteiger partial charge in [-0.3, -0.25) is 0 Å². The number of benzene rings is 12. The van der Waals surface area contributed by atoms with Crippen LogP contribution in [0.1, 0.15) is 49.9 Å². The fourth-order valence-electron chi connectivity index (χ4n) is 12.5. The van der Waals surface area contributed by atoms with Gasteiger partial charge in [-0.1, -0.05) is 185 Å². The normalized spacial score (nSPS) is 13.9.